The van der Waals surface area contributed by atoms with E-state index in [2.05, 4.69) is 27.4 Å². The maximum atomic E-state index is 12.8. The molecular weight excluding hydrogens is 320 g/mol. The SMILES string of the molecule is C=C(C)C(=O)OCC(O)COC(=O)C(C)(CC(C)(C)CC)C(C)(C)C. The Bertz CT molecular complexity index is 487. The Labute approximate surface area is 152 Å². The third-order valence-electron chi connectivity index (χ3n) is 5.06. The number of carbonyl (C=O) groups is 2. The molecule has 0 spiro atoms. The second-order valence-corrected chi connectivity index (χ2v) is 8.91. The van der Waals surface area contributed by atoms with E-state index < -0.39 is 17.5 Å². The van der Waals surface area contributed by atoms with E-state index in [4.69, 9.17) is 9.47 Å². The summed E-state index contributed by atoms with van der Waals surface area (Å²) in [5.41, 5.74) is -0.739. The van der Waals surface area contributed by atoms with Crippen LogP contribution in [0.1, 0.15) is 68.2 Å². The van der Waals surface area contributed by atoms with E-state index in [0.717, 1.165) is 6.42 Å². The van der Waals surface area contributed by atoms with E-state index in [-0.39, 0.29) is 35.6 Å². The molecule has 25 heavy (non-hydrogen) atoms. The highest BCUT2D eigenvalue weighted by Gasteiger charge is 2.48. The lowest BCUT2D eigenvalue weighted by molar-refractivity contribution is -0.169. The molecule has 5 heteroatoms. The van der Waals surface area contributed by atoms with Crippen molar-refractivity contribution in [3.8, 4) is 0 Å². The van der Waals surface area contributed by atoms with Crippen LogP contribution in [0.2, 0.25) is 0 Å². The van der Waals surface area contributed by atoms with Gasteiger partial charge in [-0.2, -0.15) is 0 Å². The summed E-state index contributed by atoms with van der Waals surface area (Å²) in [5, 5.41) is 9.89. The van der Waals surface area contributed by atoms with Gasteiger partial charge in [-0.15, -0.1) is 0 Å². The van der Waals surface area contributed by atoms with Gasteiger partial charge >= 0.3 is 11.9 Å². The summed E-state index contributed by atoms with van der Waals surface area (Å²) < 4.78 is 10.2. The lowest BCUT2D eigenvalue weighted by Gasteiger charge is -2.44. The summed E-state index contributed by atoms with van der Waals surface area (Å²) in [5.74, 6) is -0.915. The summed E-state index contributed by atoms with van der Waals surface area (Å²) >= 11 is 0. The first-order valence-corrected chi connectivity index (χ1v) is 8.84. The van der Waals surface area contributed by atoms with Crippen LogP contribution in [0.4, 0.5) is 0 Å². The number of carbonyl (C=O) groups excluding carboxylic acids is 2. The number of rotatable bonds is 9. The number of ether oxygens (including phenoxy) is 2. The molecule has 0 saturated heterocycles. The van der Waals surface area contributed by atoms with E-state index in [1.54, 1.807) is 0 Å². The molecule has 5 nitrogen and oxygen atoms in total. The molecule has 0 aromatic carbocycles. The zero-order chi connectivity index (χ0) is 20.1. The standard InChI is InChI=1S/C20H36O5/c1-10-19(7,8)13-20(9,18(4,5)6)17(23)25-12-15(21)11-24-16(22)14(2)3/h15,21H,2,10-13H2,1,3-9H3. The van der Waals surface area contributed by atoms with Crippen LogP contribution in [0.25, 0.3) is 0 Å². The summed E-state index contributed by atoms with van der Waals surface area (Å²) in [6, 6.07) is 0. The molecule has 0 saturated carbocycles. The van der Waals surface area contributed by atoms with Gasteiger partial charge in [0.15, 0.2) is 0 Å². The molecule has 0 amide bonds. The van der Waals surface area contributed by atoms with Gasteiger partial charge < -0.3 is 14.6 Å². The van der Waals surface area contributed by atoms with Crippen molar-refractivity contribution < 1.29 is 24.2 Å². The van der Waals surface area contributed by atoms with Crippen LogP contribution in [0.3, 0.4) is 0 Å². The molecule has 0 fully saturated rings. The first kappa shape index (κ1) is 23.6. The normalized spacial score (nSPS) is 15.9. The largest absolute Gasteiger partial charge is 0.462 e. The van der Waals surface area contributed by atoms with Crippen LogP contribution < -0.4 is 0 Å². The Kier molecular flexibility index (Phi) is 8.35. The average Bonchev–Trinajstić information content (AvgIpc) is 2.48. The van der Waals surface area contributed by atoms with Gasteiger partial charge in [-0.3, -0.25) is 4.79 Å². The van der Waals surface area contributed by atoms with E-state index in [9.17, 15) is 14.7 Å². The smallest absolute Gasteiger partial charge is 0.333 e. The predicted octanol–water partition coefficient (Wildman–Crippen LogP) is 3.89. The van der Waals surface area contributed by atoms with Crippen LogP contribution in [0, 0.1) is 16.2 Å². The molecule has 0 bridgehead atoms. The monoisotopic (exact) mass is 356 g/mol. The van der Waals surface area contributed by atoms with Crippen molar-refractivity contribution in [2.75, 3.05) is 13.2 Å². The van der Waals surface area contributed by atoms with Gasteiger partial charge in [0.25, 0.3) is 0 Å². The van der Waals surface area contributed by atoms with Gasteiger partial charge in [-0.05, 0) is 31.1 Å². The topological polar surface area (TPSA) is 72.8 Å². The lowest BCUT2D eigenvalue weighted by Crippen LogP contribution is -2.45. The molecule has 1 N–H and O–H groups in total. The van der Waals surface area contributed by atoms with Crippen molar-refractivity contribution >= 4 is 11.9 Å². The van der Waals surface area contributed by atoms with E-state index in [1.807, 2.05) is 27.7 Å². The van der Waals surface area contributed by atoms with Gasteiger partial charge in [0.2, 0.25) is 0 Å². The maximum Gasteiger partial charge on any atom is 0.333 e. The Hall–Kier alpha value is -1.36. The summed E-state index contributed by atoms with van der Waals surface area (Å²) in [7, 11) is 0. The third-order valence-corrected chi connectivity index (χ3v) is 5.06. The molecule has 0 aliphatic heterocycles. The van der Waals surface area contributed by atoms with E-state index in [0.29, 0.717) is 6.42 Å². The highest BCUT2D eigenvalue weighted by Crippen LogP contribution is 2.48. The molecule has 0 aliphatic carbocycles. The van der Waals surface area contributed by atoms with Crippen molar-refractivity contribution in [1.29, 1.82) is 0 Å². The van der Waals surface area contributed by atoms with Gasteiger partial charge in [-0.25, -0.2) is 4.79 Å². The minimum Gasteiger partial charge on any atom is -0.462 e. The Balaban J connectivity index is 4.90. The molecule has 0 aromatic heterocycles. The third kappa shape index (κ3) is 7.18. The van der Waals surface area contributed by atoms with E-state index in [1.165, 1.54) is 6.92 Å². The Morgan fingerprint density at radius 1 is 1.04 bits per heavy atom. The average molecular weight is 357 g/mol. The summed E-state index contributed by atoms with van der Waals surface area (Å²) in [6.07, 6.45) is 0.570. The molecule has 0 aliphatic rings. The van der Waals surface area contributed by atoms with Crippen LogP contribution in [0.15, 0.2) is 12.2 Å². The van der Waals surface area contributed by atoms with Crippen molar-refractivity contribution in [2.24, 2.45) is 16.2 Å². The molecule has 0 aromatic rings. The molecule has 0 radical (unpaired) electrons. The predicted molar refractivity (Wildman–Crippen MR) is 99.0 cm³/mol. The quantitative estimate of drug-likeness (QED) is 0.501. The number of hydrogen-bond acceptors (Lipinski definition) is 5. The van der Waals surface area contributed by atoms with Crippen LogP contribution >= 0.6 is 0 Å². The van der Waals surface area contributed by atoms with Crippen LogP contribution in [-0.2, 0) is 19.1 Å². The number of hydrogen-bond donors (Lipinski definition) is 1. The second-order valence-electron chi connectivity index (χ2n) is 8.91. The van der Waals surface area contributed by atoms with Crippen molar-refractivity contribution in [3.05, 3.63) is 12.2 Å². The first-order valence-electron chi connectivity index (χ1n) is 8.84. The molecular formula is C20H36O5. The number of aliphatic hydroxyl groups is 1. The first-order chi connectivity index (χ1) is 11.2. The summed E-state index contributed by atoms with van der Waals surface area (Å²) in [4.78, 5) is 24.1. The van der Waals surface area contributed by atoms with E-state index >= 15 is 0 Å². The zero-order valence-electron chi connectivity index (χ0n) is 17.2. The van der Waals surface area contributed by atoms with Crippen molar-refractivity contribution in [1.82, 2.24) is 0 Å². The Morgan fingerprint density at radius 3 is 1.92 bits per heavy atom. The highest BCUT2D eigenvalue weighted by molar-refractivity contribution is 5.86. The van der Waals surface area contributed by atoms with Crippen molar-refractivity contribution in [2.45, 2.75) is 74.3 Å². The van der Waals surface area contributed by atoms with Gasteiger partial charge in [0.1, 0.15) is 19.3 Å². The number of aliphatic hydroxyl groups excluding tert-OH is 1. The highest BCUT2D eigenvalue weighted by atomic mass is 16.6. The van der Waals surface area contributed by atoms with Crippen LogP contribution in [0.5, 0.6) is 0 Å². The second kappa shape index (κ2) is 8.84. The maximum absolute atomic E-state index is 12.8. The van der Waals surface area contributed by atoms with Gasteiger partial charge in [0.05, 0.1) is 5.41 Å². The molecule has 0 rings (SSSR count). The van der Waals surface area contributed by atoms with Crippen LogP contribution in [-0.4, -0.2) is 36.4 Å². The molecule has 2 unspecified atom stereocenters. The molecule has 146 valence electrons. The fraction of sp³-hybridized carbons (Fsp3) is 0.800. The molecule has 0 heterocycles. The zero-order valence-corrected chi connectivity index (χ0v) is 17.2. The van der Waals surface area contributed by atoms with Crippen molar-refractivity contribution in [3.63, 3.8) is 0 Å². The lowest BCUT2D eigenvalue weighted by atomic mass is 9.60. The molecule has 2 atom stereocenters. The Morgan fingerprint density at radius 2 is 1.52 bits per heavy atom. The fourth-order valence-corrected chi connectivity index (χ4v) is 2.40. The van der Waals surface area contributed by atoms with Gasteiger partial charge in [-0.1, -0.05) is 54.5 Å². The minimum absolute atomic E-state index is 0.00329. The minimum atomic E-state index is -1.06. The summed E-state index contributed by atoms with van der Waals surface area (Å²) in [6.45, 7) is 18.9. The van der Waals surface area contributed by atoms with Gasteiger partial charge in [0, 0.05) is 5.57 Å². The fourth-order valence-electron chi connectivity index (χ4n) is 2.40. The number of esters is 2.